The van der Waals surface area contributed by atoms with Crippen molar-refractivity contribution in [3.8, 4) is 0 Å². The number of aryl methyl sites for hydroxylation is 2. The lowest BCUT2D eigenvalue weighted by molar-refractivity contribution is 0.601. The second-order valence-corrected chi connectivity index (χ2v) is 7.00. The summed E-state index contributed by atoms with van der Waals surface area (Å²) in [5.74, 6) is 0. The maximum absolute atomic E-state index is 12.3. The number of hydrogen-bond acceptors (Lipinski definition) is 2. The van der Waals surface area contributed by atoms with Gasteiger partial charge < -0.3 is 0 Å². The Morgan fingerprint density at radius 1 is 0.950 bits per heavy atom. The Bertz CT molecular complexity index is 758. The van der Waals surface area contributed by atoms with Crippen LogP contribution in [0, 0.1) is 13.8 Å². The Morgan fingerprint density at radius 3 is 2.30 bits per heavy atom. The van der Waals surface area contributed by atoms with Gasteiger partial charge in [0.2, 0.25) is 0 Å². The van der Waals surface area contributed by atoms with Gasteiger partial charge in [-0.05, 0) is 55.3 Å². The van der Waals surface area contributed by atoms with Crippen molar-refractivity contribution in [2.24, 2.45) is 0 Å². The van der Waals surface area contributed by atoms with E-state index in [1.807, 2.05) is 0 Å². The molecule has 0 saturated heterocycles. The van der Waals surface area contributed by atoms with Crippen LogP contribution in [-0.4, -0.2) is 8.42 Å². The fourth-order valence-electron chi connectivity index (χ4n) is 1.69. The predicted molar refractivity (Wildman–Crippen MR) is 83.2 cm³/mol. The van der Waals surface area contributed by atoms with E-state index in [0.717, 1.165) is 5.56 Å². The Labute approximate surface area is 128 Å². The number of benzene rings is 2. The average molecular weight is 330 g/mol. The first-order chi connectivity index (χ1) is 9.29. The Hall–Kier alpha value is -1.23. The molecule has 0 aromatic heterocycles. The number of halogens is 2. The summed E-state index contributed by atoms with van der Waals surface area (Å²) in [4.78, 5) is 0.166. The maximum Gasteiger partial charge on any atom is 0.261 e. The van der Waals surface area contributed by atoms with E-state index in [1.54, 1.807) is 38.1 Å². The van der Waals surface area contributed by atoms with E-state index in [0.29, 0.717) is 21.3 Å². The zero-order valence-electron chi connectivity index (χ0n) is 10.9. The number of nitrogens with one attached hydrogen (secondary N) is 1. The van der Waals surface area contributed by atoms with E-state index in [4.69, 9.17) is 23.2 Å². The number of sulfonamides is 1. The normalized spacial score (nSPS) is 11.4. The van der Waals surface area contributed by atoms with Crippen molar-refractivity contribution in [2.75, 3.05) is 4.72 Å². The van der Waals surface area contributed by atoms with Crippen LogP contribution in [0.2, 0.25) is 10.0 Å². The van der Waals surface area contributed by atoms with E-state index < -0.39 is 10.0 Å². The third-order valence-electron chi connectivity index (χ3n) is 2.88. The summed E-state index contributed by atoms with van der Waals surface area (Å²) in [6.07, 6.45) is 0. The molecule has 0 amide bonds. The van der Waals surface area contributed by atoms with Crippen molar-refractivity contribution in [3.63, 3.8) is 0 Å². The van der Waals surface area contributed by atoms with Gasteiger partial charge >= 0.3 is 0 Å². The Morgan fingerprint density at radius 2 is 1.65 bits per heavy atom. The topological polar surface area (TPSA) is 46.2 Å². The lowest BCUT2D eigenvalue weighted by Gasteiger charge is -2.11. The van der Waals surface area contributed by atoms with Crippen LogP contribution in [0.15, 0.2) is 41.3 Å². The van der Waals surface area contributed by atoms with Crippen LogP contribution < -0.4 is 4.72 Å². The van der Waals surface area contributed by atoms with Crippen molar-refractivity contribution in [1.29, 1.82) is 0 Å². The lowest BCUT2D eigenvalue weighted by atomic mass is 10.2. The van der Waals surface area contributed by atoms with Crippen molar-refractivity contribution in [3.05, 3.63) is 57.6 Å². The molecule has 6 heteroatoms. The van der Waals surface area contributed by atoms with Gasteiger partial charge in [-0.3, -0.25) is 4.72 Å². The molecule has 0 aliphatic carbocycles. The van der Waals surface area contributed by atoms with Gasteiger partial charge in [-0.15, -0.1) is 0 Å². The molecule has 0 bridgehead atoms. The molecule has 0 radical (unpaired) electrons. The van der Waals surface area contributed by atoms with Crippen LogP contribution in [0.4, 0.5) is 5.69 Å². The van der Waals surface area contributed by atoms with Crippen LogP contribution >= 0.6 is 23.2 Å². The summed E-state index contributed by atoms with van der Waals surface area (Å²) in [6, 6.07) is 9.62. The van der Waals surface area contributed by atoms with E-state index in [1.165, 1.54) is 12.1 Å². The fraction of sp³-hybridized carbons (Fsp3) is 0.143. The molecule has 2 rings (SSSR count). The lowest BCUT2D eigenvalue weighted by Crippen LogP contribution is -2.14. The minimum absolute atomic E-state index is 0.166. The van der Waals surface area contributed by atoms with Crippen molar-refractivity contribution in [1.82, 2.24) is 0 Å². The first-order valence-electron chi connectivity index (χ1n) is 5.85. The second-order valence-electron chi connectivity index (χ2n) is 4.48. The second kappa shape index (κ2) is 5.64. The molecule has 0 spiro atoms. The van der Waals surface area contributed by atoms with Crippen LogP contribution in [-0.2, 0) is 10.0 Å². The highest BCUT2D eigenvalue weighted by molar-refractivity contribution is 7.92. The maximum atomic E-state index is 12.3. The zero-order chi connectivity index (χ0) is 14.9. The average Bonchev–Trinajstić information content (AvgIpc) is 2.36. The van der Waals surface area contributed by atoms with E-state index in [-0.39, 0.29) is 4.90 Å². The van der Waals surface area contributed by atoms with Gasteiger partial charge in [-0.2, -0.15) is 0 Å². The summed E-state index contributed by atoms with van der Waals surface area (Å²) in [5, 5.41) is 1.00. The van der Waals surface area contributed by atoms with E-state index >= 15 is 0 Å². The van der Waals surface area contributed by atoms with E-state index in [2.05, 4.69) is 4.72 Å². The van der Waals surface area contributed by atoms with Gasteiger partial charge in [-0.1, -0.05) is 29.3 Å². The van der Waals surface area contributed by atoms with Crippen LogP contribution in [0.25, 0.3) is 0 Å². The van der Waals surface area contributed by atoms with Crippen molar-refractivity contribution < 1.29 is 8.42 Å². The van der Waals surface area contributed by atoms with Crippen LogP contribution in [0.5, 0.6) is 0 Å². The van der Waals surface area contributed by atoms with Gasteiger partial charge in [0.05, 0.1) is 10.6 Å². The molecular formula is C14H13Cl2NO2S. The largest absolute Gasteiger partial charge is 0.279 e. The zero-order valence-corrected chi connectivity index (χ0v) is 13.3. The van der Waals surface area contributed by atoms with Crippen LogP contribution in [0.1, 0.15) is 11.1 Å². The molecule has 20 heavy (non-hydrogen) atoms. The predicted octanol–water partition coefficient (Wildman–Crippen LogP) is 4.41. The first kappa shape index (κ1) is 15.2. The minimum atomic E-state index is -3.66. The molecular weight excluding hydrogens is 317 g/mol. The molecule has 0 saturated carbocycles. The third kappa shape index (κ3) is 3.26. The summed E-state index contributed by atoms with van der Waals surface area (Å²) in [7, 11) is -3.66. The van der Waals surface area contributed by atoms with Crippen molar-refractivity contribution in [2.45, 2.75) is 18.7 Å². The molecule has 2 aromatic carbocycles. The Kier molecular flexibility index (Phi) is 4.28. The molecule has 0 atom stereocenters. The fourth-order valence-corrected chi connectivity index (χ4v) is 3.19. The SMILES string of the molecule is Cc1cc(S(=O)(=O)Nc2cc(Cl)ccc2C)ccc1Cl. The van der Waals surface area contributed by atoms with Gasteiger partial charge in [0.25, 0.3) is 10.0 Å². The molecule has 106 valence electrons. The number of anilines is 1. The highest BCUT2D eigenvalue weighted by atomic mass is 35.5. The molecule has 0 heterocycles. The van der Waals surface area contributed by atoms with Gasteiger partial charge in [0.15, 0.2) is 0 Å². The van der Waals surface area contributed by atoms with Gasteiger partial charge in [0, 0.05) is 10.0 Å². The highest BCUT2D eigenvalue weighted by Gasteiger charge is 2.16. The molecule has 0 fully saturated rings. The van der Waals surface area contributed by atoms with Gasteiger partial charge in [0.1, 0.15) is 0 Å². The first-order valence-corrected chi connectivity index (χ1v) is 8.08. The quantitative estimate of drug-likeness (QED) is 0.906. The summed E-state index contributed by atoms with van der Waals surface area (Å²) < 4.78 is 27.2. The monoisotopic (exact) mass is 329 g/mol. The summed E-state index contributed by atoms with van der Waals surface area (Å²) in [5.41, 5.74) is 1.96. The molecule has 1 N–H and O–H groups in total. The number of hydrogen-bond donors (Lipinski definition) is 1. The summed E-state index contributed by atoms with van der Waals surface area (Å²) >= 11 is 11.8. The molecule has 0 aliphatic heterocycles. The van der Waals surface area contributed by atoms with Crippen LogP contribution in [0.3, 0.4) is 0 Å². The molecule has 2 aromatic rings. The van der Waals surface area contributed by atoms with Crippen molar-refractivity contribution >= 4 is 38.9 Å². The number of rotatable bonds is 3. The summed E-state index contributed by atoms with van der Waals surface area (Å²) in [6.45, 7) is 3.56. The third-order valence-corrected chi connectivity index (χ3v) is 4.91. The molecule has 0 aliphatic rings. The van der Waals surface area contributed by atoms with E-state index in [9.17, 15) is 8.42 Å². The Balaban J connectivity index is 2.40. The molecule has 3 nitrogen and oxygen atoms in total. The minimum Gasteiger partial charge on any atom is -0.279 e. The highest BCUT2D eigenvalue weighted by Crippen LogP contribution is 2.25. The van der Waals surface area contributed by atoms with Gasteiger partial charge in [-0.25, -0.2) is 8.42 Å². The smallest absolute Gasteiger partial charge is 0.261 e. The molecule has 0 unspecified atom stereocenters. The standard InChI is InChI=1S/C14H13Cl2NO2S/c1-9-3-4-11(15)8-14(9)17-20(18,19)12-5-6-13(16)10(2)7-12/h3-8,17H,1-2H3.